The molecule has 0 fully saturated rings. The number of unbranched alkanes of at least 4 members (excludes halogenated alkanes) is 1. The molecule has 0 bridgehead atoms. The zero-order chi connectivity index (χ0) is 20.8. The first-order valence-electron chi connectivity index (χ1n) is 9.77. The van der Waals surface area contributed by atoms with Crippen LogP contribution >= 0.6 is 0 Å². The Morgan fingerprint density at radius 1 is 1.14 bits per heavy atom. The molecule has 0 rings (SSSR count). The SMILES string of the molecule is CC(C)CCCNC(=O)CC[CH-]CC(=O)C(C)C.[CH2-]C(O)C[N+](C)(C)C.[Cl-].[U+2]. The Kier molecular flexibility index (Phi) is 26.4. The van der Waals surface area contributed by atoms with Crippen LogP contribution in [-0.2, 0) is 9.59 Å². The van der Waals surface area contributed by atoms with Crippen LogP contribution in [-0.4, -0.2) is 61.6 Å². The van der Waals surface area contributed by atoms with Gasteiger partial charge in [-0.25, -0.2) is 0 Å². The fraction of sp³-hybridized carbons (Fsp3) is 0.810. The predicted octanol–water partition coefficient (Wildman–Crippen LogP) is 0.0301. The van der Waals surface area contributed by atoms with E-state index < -0.39 is 6.10 Å². The van der Waals surface area contributed by atoms with Crippen molar-refractivity contribution in [1.82, 2.24) is 5.32 Å². The maximum absolute atomic E-state index is 11.5. The third-order valence-electron chi connectivity index (χ3n) is 3.60. The number of halogens is 1. The number of hydrogen-bond acceptors (Lipinski definition) is 3. The second-order valence-corrected chi connectivity index (χ2v) is 8.67. The van der Waals surface area contributed by atoms with Crippen molar-refractivity contribution in [3.63, 3.8) is 0 Å². The maximum atomic E-state index is 11.5. The fourth-order valence-electron chi connectivity index (χ4n) is 2.17. The molecule has 2 N–H and O–H groups in total. The Labute approximate surface area is 204 Å². The molecule has 0 aromatic carbocycles. The van der Waals surface area contributed by atoms with Crippen molar-refractivity contribution < 1.29 is 62.7 Å². The molecule has 28 heavy (non-hydrogen) atoms. The number of aliphatic hydroxyl groups is 1. The largest absolute Gasteiger partial charge is 2.00 e. The van der Waals surface area contributed by atoms with Gasteiger partial charge < -0.3 is 45.5 Å². The molecule has 0 spiro atoms. The molecule has 0 aromatic rings. The summed E-state index contributed by atoms with van der Waals surface area (Å²) in [6.07, 6.45) is 5.33. The van der Waals surface area contributed by atoms with Crippen LogP contribution in [0.2, 0.25) is 0 Å². The number of quaternary nitrogens is 1. The number of hydrogen-bond donors (Lipinski definition) is 2. The summed E-state index contributed by atoms with van der Waals surface area (Å²) in [6, 6.07) is 0. The van der Waals surface area contributed by atoms with E-state index >= 15 is 0 Å². The van der Waals surface area contributed by atoms with E-state index in [0.29, 0.717) is 31.7 Å². The molecule has 0 saturated carbocycles. The number of nitrogens with zero attached hydrogens (tertiary/aromatic N) is 1. The van der Waals surface area contributed by atoms with Crippen molar-refractivity contribution in [1.29, 1.82) is 0 Å². The van der Waals surface area contributed by atoms with Crippen molar-refractivity contribution in [3.8, 4) is 0 Å². The van der Waals surface area contributed by atoms with Crippen LogP contribution in [0.5, 0.6) is 0 Å². The number of likely N-dealkylation sites (N-methyl/N-ethyl adjacent to an activating group) is 1. The van der Waals surface area contributed by atoms with Crippen LogP contribution in [0.1, 0.15) is 59.8 Å². The van der Waals surface area contributed by atoms with E-state index in [9.17, 15) is 9.59 Å². The number of rotatable bonds is 12. The van der Waals surface area contributed by atoms with Gasteiger partial charge in [-0.1, -0.05) is 27.7 Å². The van der Waals surface area contributed by atoms with Gasteiger partial charge >= 0.3 is 31.1 Å². The molecule has 0 aliphatic heterocycles. The average Bonchev–Trinajstić information content (AvgIpc) is 2.45. The van der Waals surface area contributed by atoms with Crippen molar-refractivity contribution in [2.24, 2.45) is 11.8 Å². The first-order valence-corrected chi connectivity index (χ1v) is 9.77. The predicted molar refractivity (Wildman–Crippen MR) is 109 cm³/mol. The second-order valence-electron chi connectivity index (χ2n) is 8.67. The summed E-state index contributed by atoms with van der Waals surface area (Å²) in [6.45, 7) is 13.1. The number of carbonyl (C=O) groups excluding carboxylic acids is 2. The molecule has 5 nitrogen and oxygen atoms in total. The molecule has 0 heterocycles. The van der Waals surface area contributed by atoms with E-state index in [4.69, 9.17) is 5.11 Å². The van der Waals surface area contributed by atoms with Gasteiger partial charge in [0.15, 0.2) is 0 Å². The first-order chi connectivity index (χ1) is 11.8. The van der Waals surface area contributed by atoms with Gasteiger partial charge in [0.25, 0.3) is 0 Å². The Bertz CT molecular complexity index is 384. The van der Waals surface area contributed by atoms with Gasteiger partial charge in [0, 0.05) is 12.5 Å². The van der Waals surface area contributed by atoms with Gasteiger partial charge in [0.1, 0.15) is 5.78 Å². The van der Waals surface area contributed by atoms with Crippen LogP contribution in [0.4, 0.5) is 0 Å². The van der Waals surface area contributed by atoms with E-state index in [0.717, 1.165) is 23.9 Å². The second kappa shape index (κ2) is 20.7. The van der Waals surface area contributed by atoms with E-state index in [1.54, 1.807) is 0 Å². The zero-order valence-corrected chi connectivity index (χ0v) is 24.0. The smallest absolute Gasteiger partial charge is 1.00 e. The van der Waals surface area contributed by atoms with E-state index in [-0.39, 0.29) is 61.1 Å². The average molecular weight is 645 g/mol. The fourth-order valence-corrected chi connectivity index (χ4v) is 2.17. The molecule has 0 aliphatic carbocycles. The van der Waals surface area contributed by atoms with Crippen molar-refractivity contribution in [3.05, 3.63) is 13.3 Å². The van der Waals surface area contributed by atoms with Gasteiger partial charge in [0.05, 0.1) is 27.7 Å². The number of ketones is 1. The summed E-state index contributed by atoms with van der Waals surface area (Å²) in [7, 11) is 6.07. The number of amides is 1. The minimum Gasteiger partial charge on any atom is -1.00 e. The maximum Gasteiger partial charge on any atom is 2.00 e. The Hall–Kier alpha value is 0.402. The van der Waals surface area contributed by atoms with E-state index in [1.807, 2.05) is 41.4 Å². The molecule has 1 amide bonds. The molecule has 7 heteroatoms. The molecular weight excluding hydrogens is 602 g/mol. The molecule has 1 unspecified atom stereocenters. The normalized spacial score (nSPS) is 11.7. The summed E-state index contributed by atoms with van der Waals surface area (Å²) >= 11 is 0. The zero-order valence-electron chi connectivity index (χ0n) is 19.1. The van der Waals surface area contributed by atoms with Crippen LogP contribution in [0.3, 0.4) is 0 Å². The van der Waals surface area contributed by atoms with E-state index in [1.165, 1.54) is 0 Å². The first kappa shape index (κ1) is 35.8. The van der Waals surface area contributed by atoms with Crippen LogP contribution in [0.25, 0.3) is 0 Å². The molecule has 0 aliphatic rings. The third kappa shape index (κ3) is 31.1. The topological polar surface area (TPSA) is 66.4 Å². The van der Waals surface area contributed by atoms with Crippen LogP contribution < -0.4 is 17.7 Å². The van der Waals surface area contributed by atoms with Crippen LogP contribution in [0.15, 0.2) is 0 Å². The van der Waals surface area contributed by atoms with Gasteiger partial charge in [-0.2, -0.15) is 6.42 Å². The third-order valence-corrected chi connectivity index (χ3v) is 3.60. The Morgan fingerprint density at radius 3 is 2.04 bits per heavy atom. The standard InChI is InChI=1S/C15H28NO2.C6H15NO.ClH.U/c1-12(2)8-7-11-16-15(18)10-6-5-9-14(17)13(3)4;1-6(8)5-7(2,3)4;;/h5,12-13H,6-11H2,1-4H3,(H,16,18);6,8H,1,5H2,2-4H3;1H;/q-1;;;+2/p-1. The summed E-state index contributed by atoms with van der Waals surface area (Å²) in [5, 5.41) is 11.7. The quantitative estimate of drug-likeness (QED) is 0.179. The molecule has 0 saturated heterocycles. The van der Waals surface area contributed by atoms with E-state index in [2.05, 4.69) is 26.1 Å². The summed E-state index contributed by atoms with van der Waals surface area (Å²) in [4.78, 5) is 22.8. The number of aliphatic hydroxyl groups excluding tert-OH is 1. The minimum absolute atomic E-state index is 0. The number of nitrogens with one attached hydrogen (secondary N) is 1. The monoisotopic (exact) mass is 644 g/mol. The number of Topliss-reactive ketones (excluding diaryl/α,β-unsaturated/α-hetero) is 1. The molecule has 1 atom stereocenters. The summed E-state index contributed by atoms with van der Waals surface area (Å²) in [5.41, 5.74) is 0. The van der Waals surface area contributed by atoms with Crippen molar-refractivity contribution in [2.45, 2.75) is 65.9 Å². The van der Waals surface area contributed by atoms with Gasteiger partial charge in [0.2, 0.25) is 5.91 Å². The summed E-state index contributed by atoms with van der Waals surface area (Å²) < 4.78 is 0.769. The van der Waals surface area contributed by atoms with Crippen LogP contribution in [0, 0.1) is 56.3 Å². The molecule has 0 aromatic heterocycles. The summed E-state index contributed by atoms with van der Waals surface area (Å²) in [5.74, 6) is 1.11. The Balaban J connectivity index is -0.000000246. The molecule has 0 radical (unpaired) electrons. The van der Waals surface area contributed by atoms with Gasteiger partial charge in [-0.05, 0) is 31.3 Å². The van der Waals surface area contributed by atoms with Crippen molar-refractivity contribution >= 4 is 11.7 Å². The number of carbonyl (C=O) groups is 2. The molecule has 166 valence electrons. The Morgan fingerprint density at radius 2 is 1.68 bits per heavy atom. The van der Waals surface area contributed by atoms with Gasteiger partial charge in [-0.15, -0.1) is 6.42 Å². The minimum atomic E-state index is -0.435. The van der Waals surface area contributed by atoms with Crippen molar-refractivity contribution in [2.75, 3.05) is 34.2 Å². The molecular formula is C21H43ClN2O3U. The van der Waals surface area contributed by atoms with Gasteiger partial charge in [-0.3, -0.25) is 4.79 Å².